The van der Waals surface area contributed by atoms with Crippen molar-refractivity contribution in [3.63, 3.8) is 0 Å². The Kier molecular flexibility index (Phi) is 3.09. The molecule has 1 N–H and O–H groups in total. The molecule has 0 unspecified atom stereocenters. The molecule has 102 valence electrons. The Morgan fingerprint density at radius 2 is 2.16 bits per heavy atom. The summed E-state index contributed by atoms with van der Waals surface area (Å²) in [6.45, 7) is 1.27. The summed E-state index contributed by atoms with van der Waals surface area (Å²) in [6.07, 6.45) is -4.64. The third-order valence-electron chi connectivity index (χ3n) is 2.48. The summed E-state index contributed by atoms with van der Waals surface area (Å²) >= 11 is 0. The summed E-state index contributed by atoms with van der Waals surface area (Å²) < 4.78 is 43.8. The van der Waals surface area contributed by atoms with Gasteiger partial charge in [-0.1, -0.05) is 5.16 Å². The predicted octanol–water partition coefficient (Wildman–Crippen LogP) is 2.55. The Labute approximate surface area is 105 Å². The monoisotopic (exact) mass is 274 g/mol. The summed E-state index contributed by atoms with van der Waals surface area (Å²) in [5.74, 6) is -1.28. The fourth-order valence-electron chi connectivity index (χ4n) is 1.72. The number of aromatic carboxylic acids is 1. The van der Waals surface area contributed by atoms with Crippen LogP contribution in [0.4, 0.5) is 13.2 Å². The number of carboxylic acids is 1. The zero-order chi connectivity index (χ0) is 14.2. The lowest BCUT2D eigenvalue weighted by atomic mass is 10.3. The molecular weight excluding hydrogens is 265 g/mol. The quantitative estimate of drug-likeness (QED) is 0.933. The lowest BCUT2D eigenvalue weighted by Crippen LogP contribution is -2.18. The SMILES string of the molecule is Cc1cc(Cn2c(C(=O)O)ccc2C(F)(F)F)on1. The van der Waals surface area contributed by atoms with Gasteiger partial charge in [-0.05, 0) is 19.1 Å². The maximum Gasteiger partial charge on any atom is 0.431 e. The van der Waals surface area contributed by atoms with E-state index in [0.29, 0.717) is 10.3 Å². The first kappa shape index (κ1) is 13.2. The number of aromatic nitrogens is 2. The third-order valence-corrected chi connectivity index (χ3v) is 2.48. The molecule has 8 heteroatoms. The number of nitrogens with zero attached hydrogens (tertiary/aromatic N) is 2. The number of alkyl halides is 3. The molecule has 0 saturated carbocycles. The van der Waals surface area contributed by atoms with Gasteiger partial charge in [0.05, 0.1) is 12.2 Å². The fourth-order valence-corrected chi connectivity index (χ4v) is 1.72. The van der Waals surface area contributed by atoms with Gasteiger partial charge in [-0.25, -0.2) is 4.79 Å². The predicted molar refractivity (Wildman–Crippen MR) is 56.7 cm³/mol. The van der Waals surface area contributed by atoms with E-state index in [2.05, 4.69) is 5.16 Å². The van der Waals surface area contributed by atoms with Crippen LogP contribution < -0.4 is 0 Å². The molecule has 0 aliphatic rings. The van der Waals surface area contributed by atoms with Crippen LogP contribution in [0.5, 0.6) is 0 Å². The van der Waals surface area contributed by atoms with Crippen LogP contribution in [-0.2, 0) is 12.7 Å². The van der Waals surface area contributed by atoms with E-state index in [1.807, 2.05) is 0 Å². The van der Waals surface area contributed by atoms with Crippen LogP contribution in [0, 0.1) is 6.92 Å². The van der Waals surface area contributed by atoms with Crippen LogP contribution in [0.2, 0.25) is 0 Å². The first-order chi connectivity index (χ1) is 8.79. The maximum absolute atomic E-state index is 12.8. The van der Waals surface area contributed by atoms with Crippen molar-refractivity contribution >= 4 is 5.97 Å². The van der Waals surface area contributed by atoms with Gasteiger partial charge in [0.25, 0.3) is 0 Å². The minimum absolute atomic E-state index is 0.154. The van der Waals surface area contributed by atoms with Gasteiger partial charge in [0, 0.05) is 6.07 Å². The minimum atomic E-state index is -4.64. The van der Waals surface area contributed by atoms with E-state index in [-0.39, 0.29) is 12.3 Å². The fraction of sp³-hybridized carbons (Fsp3) is 0.273. The maximum atomic E-state index is 12.8. The topological polar surface area (TPSA) is 68.3 Å². The van der Waals surface area contributed by atoms with Crippen LogP contribution in [0.15, 0.2) is 22.7 Å². The number of hydrogen-bond acceptors (Lipinski definition) is 3. The smallest absolute Gasteiger partial charge is 0.431 e. The average Bonchev–Trinajstić information content (AvgIpc) is 2.84. The van der Waals surface area contributed by atoms with Crippen LogP contribution in [0.25, 0.3) is 0 Å². The van der Waals surface area contributed by atoms with Gasteiger partial charge in [-0.3, -0.25) is 0 Å². The minimum Gasteiger partial charge on any atom is -0.477 e. The molecule has 0 fully saturated rings. The van der Waals surface area contributed by atoms with Gasteiger partial charge in [-0.2, -0.15) is 13.2 Å². The highest BCUT2D eigenvalue weighted by atomic mass is 19.4. The Morgan fingerprint density at radius 1 is 1.47 bits per heavy atom. The van der Waals surface area contributed by atoms with Crippen molar-refractivity contribution in [1.29, 1.82) is 0 Å². The molecule has 0 aliphatic carbocycles. The van der Waals surface area contributed by atoms with Gasteiger partial charge < -0.3 is 14.2 Å². The molecule has 0 aromatic carbocycles. The van der Waals surface area contributed by atoms with Crippen molar-refractivity contribution in [2.24, 2.45) is 0 Å². The highest BCUT2D eigenvalue weighted by Crippen LogP contribution is 2.31. The Morgan fingerprint density at radius 3 is 2.63 bits per heavy atom. The Balaban J connectivity index is 2.46. The van der Waals surface area contributed by atoms with Crippen molar-refractivity contribution < 1.29 is 27.6 Å². The van der Waals surface area contributed by atoms with Crippen molar-refractivity contribution in [1.82, 2.24) is 9.72 Å². The number of carbonyl (C=O) groups is 1. The second-order valence-electron chi connectivity index (χ2n) is 3.93. The van der Waals surface area contributed by atoms with Crippen LogP contribution in [0.1, 0.15) is 27.6 Å². The van der Waals surface area contributed by atoms with E-state index >= 15 is 0 Å². The van der Waals surface area contributed by atoms with E-state index < -0.39 is 23.5 Å². The van der Waals surface area contributed by atoms with Gasteiger partial charge in [0.1, 0.15) is 11.4 Å². The van der Waals surface area contributed by atoms with Gasteiger partial charge in [0.2, 0.25) is 0 Å². The molecule has 19 heavy (non-hydrogen) atoms. The second-order valence-corrected chi connectivity index (χ2v) is 3.93. The highest BCUT2D eigenvalue weighted by molar-refractivity contribution is 5.86. The number of hydrogen-bond donors (Lipinski definition) is 1. The number of carboxylic acid groups (broad SMARTS) is 1. The molecule has 0 spiro atoms. The standard InChI is InChI=1S/C11H9F3N2O3/c1-6-4-7(19-15-6)5-16-8(10(17)18)2-3-9(16)11(12,13)14/h2-4H,5H2,1H3,(H,17,18). The lowest BCUT2D eigenvalue weighted by molar-refractivity contribution is -0.143. The number of rotatable bonds is 3. The third kappa shape index (κ3) is 2.61. The van der Waals surface area contributed by atoms with E-state index in [1.165, 1.54) is 6.07 Å². The first-order valence-electron chi connectivity index (χ1n) is 5.21. The van der Waals surface area contributed by atoms with Gasteiger partial charge in [-0.15, -0.1) is 0 Å². The van der Waals surface area contributed by atoms with Gasteiger partial charge in [0.15, 0.2) is 5.76 Å². The Bertz CT molecular complexity index is 613. The first-order valence-corrected chi connectivity index (χ1v) is 5.21. The molecule has 0 saturated heterocycles. The van der Waals surface area contributed by atoms with E-state index in [4.69, 9.17) is 9.63 Å². The molecule has 2 rings (SSSR count). The van der Waals surface area contributed by atoms with Crippen LogP contribution >= 0.6 is 0 Å². The normalized spacial score (nSPS) is 11.8. The second kappa shape index (κ2) is 4.45. The molecule has 2 aromatic rings. The molecule has 0 atom stereocenters. The number of aryl methyl sites for hydroxylation is 1. The van der Waals surface area contributed by atoms with E-state index in [0.717, 1.165) is 12.1 Å². The van der Waals surface area contributed by atoms with Crippen LogP contribution in [-0.4, -0.2) is 20.8 Å². The zero-order valence-electron chi connectivity index (χ0n) is 9.73. The van der Waals surface area contributed by atoms with E-state index in [9.17, 15) is 18.0 Å². The van der Waals surface area contributed by atoms with Crippen molar-refractivity contribution in [3.05, 3.63) is 41.0 Å². The molecule has 0 aliphatic heterocycles. The summed E-state index contributed by atoms with van der Waals surface area (Å²) in [5, 5.41) is 12.4. The summed E-state index contributed by atoms with van der Waals surface area (Å²) in [5.41, 5.74) is -0.993. The zero-order valence-corrected chi connectivity index (χ0v) is 9.73. The highest BCUT2D eigenvalue weighted by Gasteiger charge is 2.36. The van der Waals surface area contributed by atoms with E-state index in [1.54, 1.807) is 6.92 Å². The molecule has 2 aromatic heterocycles. The molecule has 0 bridgehead atoms. The lowest BCUT2D eigenvalue weighted by Gasteiger charge is -2.12. The largest absolute Gasteiger partial charge is 0.477 e. The van der Waals surface area contributed by atoms with Crippen molar-refractivity contribution in [2.75, 3.05) is 0 Å². The molecular formula is C11H9F3N2O3. The average molecular weight is 274 g/mol. The summed E-state index contributed by atoms with van der Waals surface area (Å²) in [6, 6.07) is 3.09. The number of halogens is 3. The molecule has 0 amide bonds. The molecule has 5 nitrogen and oxygen atoms in total. The van der Waals surface area contributed by atoms with Crippen LogP contribution in [0.3, 0.4) is 0 Å². The van der Waals surface area contributed by atoms with Crippen molar-refractivity contribution in [3.8, 4) is 0 Å². The van der Waals surface area contributed by atoms with Crippen molar-refractivity contribution in [2.45, 2.75) is 19.6 Å². The summed E-state index contributed by atoms with van der Waals surface area (Å²) in [7, 11) is 0. The summed E-state index contributed by atoms with van der Waals surface area (Å²) in [4.78, 5) is 10.9. The Hall–Kier alpha value is -2.25. The molecule has 2 heterocycles. The molecule has 0 radical (unpaired) electrons. The van der Waals surface area contributed by atoms with Gasteiger partial charge >= 0.3 is 12.1 Å².